The number of amides is 1. The van der Waals surface area contributed by atoms with Crippen molar-refractivity contribution in [2.24, 2.45) is 4.99 Å². The minimum atomic E-state index is -0.173. The normalized spacial score (nSPS) is 16.1. The van der Waals surface area contributed by atoms with Gasteiger partial charge in [0.05, 0.1) is 15.1 Å². The van der Waals surface area contributed by atoms with Crippen LogP contribution in [0.25, 0.3) is 6.08 Å². The van der Waals surface area contributed by atoms with Gasteiger partial charge >= 0.3 is 0 Å². The van der Waals surface area contributed by atoms with Crippen LogP contribution in [0.4, 0.5) is 5.69 Å². The lowest BCUT2D eigenvalue weighted by molar-refractivity contribution is -0.115. The summed E-state index contributed by atoms with van der Waals surface area (Å²) in [5.74, 6) is 0.572. The second kappa shape index (κ2) is 9.51. The second-order valence-electron chi connectivity index (χ2n) is 6.42. The van der Waals surface area contributed by atoms with Crippen molar-refractivity contribution in [1.82, 2.24) is 5.32 Å². The van der Waals surface area contributed by atoms with Gasteiger partial charge in [-0.05, 0) is 81.3 Å². The van der Waals surface area contributed by atoms with E-state index in [0.717, 1.165) is 27.0 Å². The summed E-state index contributed by atoms with van der Waals surface area (Å²) < 4.78 is 6.71. The molecule has 7 heteroatoms. The number of hydrogen-bond acceptors (Lipinski definition) is 4. The number of ether oxygens (including phenoxy) is 1. The molecule has 150 valence electrons. The van der Waals surface area contributed by atoms with E-state index in [4.69, 9.17) is 16.3 Å². The number of nitrogens with zero attached hydrogens (tertiary/aromatic N) is 1. The molecule has 1 aliphatic heterocycles. The van der Waals surface area contributed by atoms with Gasteiger partial charge in [0, 0.05) is 5.02 Å². The molecule has 0 radical (unpaired) electrons. The average Bonchev–Trinajstić information content (AvgIpc) is 3.08. The third kappa shape index (κ3) is 5.33. The van der Waals surface area contributed by atoms with Crippen molar-refractivity contribution in [3.63, 3.8) is 0 Å². The molecule has 1 N–H and O–H groups in total. The molecule has 1 saturated heterocycles. The summed E-state index contributed by atoms with van der Waals surface area (Å²) in [4.78, 5) is 17.3. The van der Waals surface area contributed by atoms with E-state index in [0.29, 0.717) is 21.7 Å². The van der Waals surface area contributed by atoms with Crippen LogP contribution < -0.4 is 10.1 Å². The molecule has 0 aliphatic carbocycles. The minimum Gasteiger partial charge on any atom is -0.488 e. The maximum Gasteiger partial charge on any atom is 0.264 e. The zero-order valence-electron chi connectivity index (χ0n) is 15.6. The first-order valence-electron chi connectivity index (χ1n) is 9.08. The van der Waals surface area contributed by atoms with E-state index < -0.39 is 0 Å². The van der Waals surface area contributed by atoms with E-state index in [1.54, 1.807) is 24.3 Å². The van der Waals surface area contributed by atoms with Crippen LogP contribution in [-0.4, -0.2) is 11.1 Å². The first-order chi connectivity index (χ1) is 14.6. The van der Waals surface area contributed by atoms with Crippen molar-refractivity contribution in [3.8, 4) is 5.75 Å². The molecule has 4 nitrogen and oxygen atoms in total. The van der Waals surface area contributed by atoms with Gasteiger partial charge in [0.2, 0.25) is 0 Å². The summed E-state index contributed by atoms with van der Waals surface area (Å²) in [6, 6.07) is 22.8. The lowest BCUT2D eigenvalue weighted by Crippen LogP contribution is -2.19. The monoisotopic (exact) mass is 498 g/mol. The molecule has 1 amide bonds. The average molecular weight is 500 g/mol. The molecule has 0 spiro atoms. The van der Waals surface area contributed by atoms with E-state index >= 15 is 0 Å². The fourth-order valence-electron chi connectivity index (χ4n) is 2.72. The smallest absolute Gasteiger partial charge is 0.264 e. The molecule has 1 aliphatic rings. The summed E-state index contributed by atoms with van der Waals surface area (Å²) in [6.45, 7) is 0.489. The van der Waals surface area contributed by atoms with Gasteiger partial charge in [-0.25, -0.2) is 4.99 Å². The molecule has 30 heavy (non-hydrogen) atoms. The van der Waals surface area contributed by atoms with Gasteiger partial charge in [0.1, 0.15) is 12.4 Å². The van der Waals surface area contributed by atoms with Gasteiger partial charge in [-0.1, -0.05) is 48.0 Å². The third-order valence-corrected chi connectivity index (χ3v) is 5.98. The Balaban J connectivity index is 1.45. The highest BCUT2D eigenvalue weighted by atomic mass is 79.9. The fourth-order valence-corrected chi connectivity index (χ4v) is 4.20. The van der Waals surface area contributed by atoms with Gasteiger partial charge in [-0.3, -0.25) is 4.79 Å². The molecular weight excluding hydrogens is 484 g/mol. The van der Waals surface area contributed by atoms with Crippen molar-refractivity contribution in [2.75, 3.05) is 0 Å². The van der Waals surface area contributed by atoms with Crippen LogP contribution in [-0.2, 0) is 11.4 Å². The van der Waals surface area contributed by atoms with E-state index in [1.165, 1.54) is 11.8 Å². The summed E-state index contributed by atoms with van der Waals surface area (Å²) in [6.07, 6.45) is 1.83. The topological polar surface area (TPSA) is 50.7 Å². The molecule has 1 heterocycles. The highest BCUT2D eigenvalue weighted by Crippen LogP contribution is 2.31. The van der Waals surface area contributed by atoms with Gasteiger partial charge < -0.3 is 10.1 Å². The second-order valence-corrected chi connectivity index (χ2v) is 8.74. The number of carbonyl (C=O) groups excluding carboxylic acids is 1. The number of halogens is 2. The molecule has 0 bridgehead atoms. The first kappa shape index (κ1) is 20.7. The SMILES string of the molecule is O=C1NC(=Nc2ccc(Cl)cc2)S/C1=C\c1ccc(OCc2ccccc2)c(Br)c1. The molecule has 0 unspecified atom stereocenters. The Morgan fingerprint density at radius 1 is 1.07 bits per heavy atom. The van der Waals surface area contributed by atoms with Crippen LogP contribution in [0.2, 0.25) is 5.02 Å². The van der Waals surface area contributed by atoms with Gasteiger partial charge in [-0.15, -0.1) is 0 Å². The Labute approximate surface area is 192 Å². The fraction of sp³-hybridized carbons (Fsp3) is 0.0435. The first-order valence-corrected chi connectivity index (χ1v) is 11.1. The Bertz CT molecular complexity index is 1130. The molecule has 1 fully saturated rings. The van der Waals surface area contributed by atoms with Crippen molar-refractivity contribution >= 4 is 62.1 Å². The van der Waals surface area contributed by atoms with E-state index in [9.17, 15) is 4.79 Å². The summed E-state index contributed by atoms with van der Waals surface area (Å²) >= 11 is 10.7. The van der Waals surface area contributed by atoms with E-state index in [-0.39, 0.29) is 5.91 Å². The Morgan fingerprint density at radius 3 is 2.57 bits per heavy atom. The maximum atomic E-state index is 12.3. The van der Waals surface area contributed by atoms with Crippen molar-refractivity contribution < 1.29 is 9.53 Å². The number of benzene rings is 3. The Kier molecular flexibility index (Phi) is 6.57. The van der Waals surface area contributed by atoms with Gasteiger partial charge in [0.15, 0.2) is 5.17 Å². The highest BCUT2D eigenvalue weighted by Gasteiger charge is 2.23. The van der Waals surface area contributed by atoms with Crippen molar-refractivity contribution in [3.05, 3.63) is 98.3 Å². The number of carbonyl (C=O) groups is 1. The van der Waals surface area contributed by atoms with E-state index in [2.05, 4.69) is 26.2 Å². The zero-order valence-corrected chi connectivity index (χ0v) is 18.8. The molecule has 0 saturated carbocycles. The number of aliphatic imine (C=N–C) groups is 1. The van der Waals surface area contributed by atoms with Crippen LogP contribution in [0, 0.1) is 0 Å². The Hall–Kier alpha value is -2.54. The van der Waals surface area contributed by atoms with Crippen LogP contribution in [0.3, 0.4) is 0 Å². The largest absolute Gasteiger partial charge is 0.488 e. The number of amidine groups is 1. The van der Waals surface area contributed by atoms with Crippen LogP contribution >= 0.6 is 39.3 Å². The third-order valence-electron chi connectivity index (χ3n) is 4.20. The van der Waals surface area contributed by atoms with Crippen LogP contribution in [0.5, 0.6) is 5.75 Å². The molecule has 0 atom stereocenters. The number of thioether (sulfide) groups is 1. The van der Waals surface area contributed by atoms with Gasteiger partial charge in [0.25, 0.3) is 5.91 Å². The molecule has 3 aromatic carbocycles. The van der Waals surface area contributed by atoms with Gasteiger partial charge in [-0.2, -0.15) is 0 Å². The lowest BCUT2D eigenvalue weighted by atomic mass is 10.2. The van der Waals surface area contributed by atoms with E-state index in [1.807, 2.05) is 54.6 Å². The number of hydrogen-bond donors (Lipinski definition) is 1. The van der Waals surface area contributed by atoms with Crippen molar-refractivity contribution in [2.45, 2.75) is 6.61 Å². The maximum absolute atomic E-state index is 12.3. The zero-order chi connectivity index (χ0) is 20.9. The highest BCUT2D eigenvalue weighted by molar-refractivity contribution is 9.10. The number of rotatable bonds is 5. The molecular formula is C23H16BrClN2O2S. The minimum absolute atomic E-state index is 0.173. The lowest BCUT2D eigenvalue weighted by Gasteiger charge is -2.09. The number of nitrogens with one attached hydrogen (secondary N) is 1. The molecule has 0 aromatic heterocycles. The van der Waals surface area contributed by atoms with Crippen LogP contribution in [0.15, 0.2) is 87.2 Å². The standard InChI is InChI=1S/C23H16BrClN2O2S/c24-19-12-16(6-11-20(19)29-14-15-4-2-1-3-5-15)13-21-22(28)27-23(30-21)26-18-9-7-17(25)8-10-18/h1-13H,14H2,(H,26,27,28)/b21-13-. The molecule has 4 rings (SSSR count). The Morgan fingerprint density at radius 2 is 1.83 bits per heavy atom. The summed E-state index contributed by atoms with van der Waals surface area (Å²) in [5, 5.41) is 3.97. The summed E-state index contributed by atoms with van der Waals surface area (Å²) in [7, 11) is 0. The predicted octanol–water partition coefficient (Wildman–Crippen LogP) is 6.57. The van der Waals surface area contributed by atoms with Crippen LogP contribution in [0.1, 0.15) is 11.1 Å². The molecule has 3 aromatic rings. The predicted molar refractivity (Wildman–Crippen MR) is 127 cm³/mol. The quantitative estimate of drug-likeness (QED) is 0.404. The summed E-state index contributed by atoms with van der Waals surface area (Å²) in [5.41, 5.74) is 2.72. The van der Waals surface area contributed by atoms with Crippen molar-refractivity contribution in [1.29, 1.82) is 0 Å².